The molecule has 2 amide bonds. The lowest BCUT2D eigenvalue weighted by molar-refractivity contribution is -0.115. The second-order valence-corrected chi connectivity index (χ2v) is 6.08. The first-order valence-corrected chi connectivity index (χ1v) is 7.85. The molecule has 1 aliphatic rings. The van der Waals surface area contributed by atoms with E-state index in [2.05, 4.69) is 17.6 Å². The molecule has 0 aliphatic carbocycles. The summed E-state index contributed by atoms with van der Waals surface area (Å²) in [6.07, 6.45) is 2.14. The molecular formula is C17H25N3O2. The van der Waals surface area contributed by atoms with Gasteiger partial charge >= 0.3 is 0 Å². The van der Waals surface area contributed by atoms with Crippen molar-refractivity contribution in [2.75, 3.05) is 32.0 Å². The average Bonchev–Trinajstić information content (AvgIpc) is 2.49. The van der Waals surface area contributed by atoms with Crippen LogP contribution in [0.25, 0.3) is 0 Å². The third-order valence-corrected chi connectivity index (χ3v) is 4.16. The first-order chi connectivity index (χ1) is 10.5. The van der Waals surface area contributed by atoms with Crippen LogP contribution in [0.15, 0.2) is 18.2 Å². The molecule has 0 unspecified atom stereocenters. The number of nitrogens with one attached hydrogen (secondary N) is 2. The Morgan fingerprint density at radius 2 is 1.95 bits per heavy atom. The van der Waals surface area contributed by atoms with Gasteiger partial charge in [0.15, 0.2) is 0 Å². The zero-order chi connectivity index (χ0) is 16.1. The van der Waals surface area contributed by atoms with Crippen LogP contribution in [-0.4, -0.2) is 43.4 Å². The van der Waals surface area contributed by atoms with E-state index < -0.39 is 0 Å². The van der Waals surface area contributed by atoms with Gasteiger partial charge in [-0.15, -0.1) is 0 Å². The standard InChI is InChI=1S/C17H25N3O2/c1-12-6-8-20(9-7-12)17(22)14-4-5-15(13(2)10-14)19-16(21)11-18-3/h4-5,10,12,18H,6-9,11H2,1-3H3,(H,19,21). The molecule has 0 spiro atoms. The van der Waals surface area contributed by atoms with Crippen molar-refractivity contribution in [1.29, 1.82) is 0 Å². The van der Waals surface area contributed by atoms with E-state index >= 15 is 0 Å². The predicted octanol–water partition coefficient (Wildman–Crippen LogP) is 2.03. The number of likely N-dealkylation sites (N-methyl/N-ethyl adjacent to an activating group) is 1. The Labute approximate surface area is 132 Å². The van der Waals surface area contributed by atoms with E-state index in [0.717, 1.165) is 37.2 Å². The summed E-state index contributed by atoms with van der Waals surface area (Å²) in [6, 6.07) is 5.46. The van der Waals surface area contributed by atoms with Gasteiger partial charge in [0.2, 0.25) is 5.91 Å². The lowest BCUT2D eigenvalue weighted by Crippen LogP contribution is -2.37. The first-order valence-electron chi connectivity index (χ1n) is 7.85. The number of likely N-dealkylation sites (tertiary alicyclic amines) is 1. The van der Waals surface area contributed by atoms with E-state index in [1.807, 2.05) is 24.0 Å². The van der Waals surface area contributed by atoms with Gasteiger partial charge in [-0.05, 0) is 56.5 Å². The van der Waals surface area contributed by atoms with Crippen molar-refractivity contribution < 1.29 is 9.59 Å². The SMILES string of the molecule is CNCC(=O)Nc1ccc(C(=O)N2CCC(C)CC2)cc1C. The number of piperidine rings is 1. The zero-order valence-corrected chi connectivity index (χ0v) is 13.6. The summed E-state index contributed by atoms with van der Waals surface area (Å²) >= 11 is 0. The first kappa shape index (κ1) is 16.5. The van der Waals surface area contributed by atoms with Gasteiger partial charge in [0, 0.05) is 24.3 Å². The average molecular weight is 303 g/mol. The van der Waals surface area contributed by atoms with Gasteiger partial charge in [0.05, 0.1) is 6.54 Å². The molecule has 1 heterocycles. The molecular weight excluding hydrogens is 278 g/mol. The number of carbonyl (C=O) groups excluding carboxylic acids is 2. The van der Waals surface area contributed by atoms with Crippen LogP contribution in [0.4, 0.5) is 5.69 Å². The highest BCUT2D eigenvalue weighted by Crippen LogP contribution is 2.21. The smallest absolute Gasteiger partial charge is 0.253 e. The Bertz CT molecular complexity index is 549. The van der Waals surface area contributed by atoms with Crippen LogP contribution in [0, 0.1) is 12.8 Å². The number of hydrogen-bond donors (Lipinski definition) is 2. The van der Waals surface area contributed by atoms with Crippen LogP contribution in [0.5, 0.6) is 0 Å². The maximum Gasteiger partial charge on any atom is 0.253 e. The molecule has 0 saturated carbocycles. The van der Waals surface area contributed by atoms with Crippen LogP contribution < -0.4 is 10.6 Å². The second kappa shape index (κ2) is 7.40. The van der Waals surface area contributed by atoms with Gasteiger partial charge in [-0.2, -0.15) is 0 Å². The van der Waals surface area contributed by atoms with Crippen LogP contribution >= 0.6 is 0 Å². The predicted molar refractivity (Wildman–Crippen MR) is 88.0 cm³/mol. The molecule has 0 radical (unpaired) electrons. The van der Waals surface area contributed by atoms with Crippen molar-refractivity contribution in [3.63, 3.8) is 0 Å². The minimum atomic E-state index is -0.0882. The fourth-order valence-corrected chi connectivity index (χ4v) is 2.69. The van der Waals surface area contributed by atoms with Crippen molar-refractivity contribution in [3.05, 3.63) is 29.3 Å². The highest BCUT2D eigenvalue weighted by Gasteiger charge is 2.21. The number of amides is 2. The van der Waals surface area contributed by atoms with Gasteiger partial charge in [-0.1, -0.05) is 6.92 Å². The number of carbonyl (C=O) groups is 2. The number of anilines is 1. The molecule has 0 atom stereocenters. The molecule has 1 fully saturated rings. The van der Waals surface area contributed by atoms with Gasteiger partial charge in [0.1, 0.15) is 0 Å². The fourth-order valence-electron chi connectivity index (χ4n) is 2.69. The molecule has 22 heavy (non-hydrogen) atoms. The molecule has 1 aromatic carbocycles. The van der Waals surface area contributed by atoms with E-state index in [-0.39, 0.29) is 18.4 Å². The summed E-state index contributed by atoms with van der Waals surface area (Å²) < 4.78 is 0. The second-order valence-electron chi connectivity index (χ2n) is 6.08. The molecule has 2 N–H and O–H groups in total. The highest BCUT2D eigenvalue weighted by atomic mass is 16.2. The maximum absolute atomic E-state index is 12.5. The normalized spacial score (nSPS) is 15.7. The van der Waals surface area contributed by atoms with Crippen LogP contribution in [0.1, 0.15) is 35.7 Å². The maximum atomic E-state index is 12.5. The topological polar surface area (TPSA) is 61.4 Å². The highest BCUT2D eigenvalue weighted by molar-refractivity contribution is 5.97. The quantitative estimate of drug-likeness (QED) is 0.894. The third-order valence-electron chi connectivity index (χ3n) is 4.16. The van der Waals surface area contributed by atoms with Gasteiger partial charge < -0.3 is 15.5 Å². The Kier molecular flexibility index (Phi) is 5.55. The van der Waals surface area contributed by atoms with E-state index in [9.17, 15) is 9.59 Å². The van der Waals surface area contributed by atoms with Crippen molar-refractivity contribution in [3.8, 4) is 0 Å². The molecule has 5 nitrogen and oxygen atoms in total. The number of aryl methyl sites for hydroxylation is 1. The van der Waals surface area contributed by atoms with Crippen molar-refractivity contribution in [2.24, 2.45) is 5.92 Å². The van der Waals surface area contributed by atoms with Crippen molar-refractivity contribution >= 4 is 17.5 Å². The van der Waals surface area contributed by atoms with Crippen LogP contribution in [-0.2, 0) is 4.79 Å². The minimum absolute atomic E-state index is 0.0862. The minimum Gasteiger partial charge on any atom is -0.339 e. The summed E-state index contributed by atoms with van der Waals surface area (Å²) in [6.45, 7) is 6.07. The largest absolute Gasteiger partial charge is 0.339 e. The van der Waals surface area contributed by atoms with E-state index in [0.29, 0.717) is 11.5 Å². The summed E-state index contributed by atoms with van der Waals surface area (Å²) in [5, 5.41) is 5.65. The Hall–Kier alpha value is -1.88. The van der Waals surface area contributed by atoms with E-state index in [4.69, 9.17) is 0 Å². The van der Waals surface area contributed by atoms with Gasteiger partial charge in [-0.25, -0.2) is 0 Å². The molecule has 0 bridgehead atoms. The van der Waals surface area contributed by atoms with Crippen molar-refractivity contribution in [1.82, 2.24) is 10.2 Å². The summed E-state index contributed by atoms with van der Waals surface area (Å²) in [7, 11) is 1.73. The molecule has 5 heteroatoms. The number of rotatable bonds is 4. The Morgan fingerprint density at radius 1 is 1.27 bits per heavy atom. The molecule has 0 aromatic heterocycles. The number of nitrogens with zero attached hydrogens (tertiary/aromatic N) is 1. The van der Waals surface area contributed by atoms with Gasteiger partial charge in [-0.3, -0.25) is 9.59 Å². The fraction of sp³-hybridized carbons (Fsp3) is 0.529. The van der Waals surface area contributed by atoms with Gasteiger partial charge in [0.25, 0.3) is 5.91 Å². The lowest BCUT2D eigenvalue weighted by atomic mass is 9.98. The summed E-state index contributed by atoms with van der Waals surface area (Å²) in [5.41, 5.74) is 2.35. The zero-order valence-electron chi connectivity index (χ0n) is 13.6. The Morgan fingerprint density at radius 3 is 2.55 bits per heavy atom. The number of hydrogen-bond acceptors (Lipinski definition) is 3. The summed E-state index contributed by atoms with van der Waals surface area (Å²) in [5.74, 6) is 0.702. The monoisotopic (exact) mass is 303 g/mol. The van der Waals surface area contributed by atoms with Crippen molar-refractivity contribution in [2.45, 2.75) is 26.7 Å². The van der Waals surface area contributed by atoms with Crippen LogP contribution in [0.2, 0.25) is 0 Å². The molecule has 1 aliphatic heterocycles. The number of benzene rings is 1. The van der Waals surface area contributed by atoms with E-state index in [1.165, 1.54) is 0 Å². The molecule has 1 aromatic rings. The van der Waals surface area contributed by atoms with E-state index in [1.54, 1.807) is 13.1 Å². The molecule has 1 saturated heterocycles. The summed E-state index contributed by atoms with van der Waals surface area (Å²) in [4.78, 5) is 26.1. The third kappa shape index (κ3) is 4.07. The molecule has 120 valence electrons. The Balaban J connectivity index is 2.05. The molecule has 2 rings (SSSR count). The lowest BCUT2D eigenvalue weighted by Gasteiger charge is -2.30. The van der Waals surface area contributed by atoms with Crippen LogP contribution in [0.3, 0.4) is 0 Å².